The second kappa shape index (κ2) is 9.21. The van der Waals surface area contributed by atoms with E-state index in [1.54, 1.807) is 24.6 Å². The Morgan fingerprint density at radius 1 is 0.750 bits per heavy atom. The molecule has 0 saturated heterocycles. The molecule has 2 aromatic rings. The maximum absolute atomic E-state index is 6.22. The summed E-state index contributed by atoms with van der Waals surface area (Å²) in [5.74, 6) is 0. The average Bonchev–Trinajstić information content (AvgIpc) is 2.57. The van der Waals surface area contributed by atoms with Crippen molar-refractivity contribution in [1.29, 1.82) is 0 Å². The first kappa shape index (κ1) is 18.2. The van der Waals surface area contributed by atoms with E-state index in [9.17, 15) is 0 Å². The second-order valence-electron chi connectivity index (χ2n) is 5.30. The smallest absolute Gasteiger partial charge is 0.0510 e. The van der Waals surface area contributed by atoms with E-state index in [1.165, 1.54) is 0 Å². The highest BCUT2D eigenvalue weighted by Gasteiger charge is 1.97. The summed E-state index contributed by atoms with van der Waals surface area (Å²) in [4.78, 5) is 0. The van der Waals surface area contributed by atoms with Gasteiger partial charge in [0.15, 0.2) is 0 Å². The SMILES string of the molecule is Cc1cccc(/C(Cl)=C/C=N/N=C/C=C(\Cl)c2cccc(C)c2)c1. The van der Waals surface area contributed by atoms with Crippen LogP contribution in [0.15, 0.2) is 70.9 Å². The van der Waals surface area contributed by atoms with Gasteiger partial charge in [-0.15, -0.1) is 0 Å². The lowest BCUT2D eigenvalue weighted by molar-refractivity contribution is 1.27. The van der Waals surface area contributed by atoms with E-state index in [0.29, 0.717) is 10.1 Å². The number of aryl methyl sites for hydroxylation is 2. The summed E-state index contributed by atoms with van der Waals surface area (Å²) in [6, 6.07) is 15.9. The van der Waals surface area contributed by atoms with Gasteiger partial charge in [0, 0.05) is 10.1 Å². The van der Waals surface area contributed by atoms with E-state index in [2.05, 4.69) is 10.2 Å². The zero-order valence-corrected chi connectivity index (χ0v) is 15.1. The second-order valence-corrected chi connectivity index (χ2v) is 6.11. The van der Waals surface area contributed by atoms with Crippen LogP contribution in [0.2, 0.25) is 0 Å². The number of rotatable bonds is 5. The topological polar surface area (TPSA) is 24.7 Å². The lowest BCUT2D eigenvalue weighted by atomic mass is 10.1. The summed E-state index contributed by atoms with van der Waals surface area (Å²) < 4.78 is 0. The fourth-order valence-corrected chi connectivity index (χ4v) is 2.40. The maximum atomic E-state index is 6.22. The van der Waals surface area contributed by atoms with E-state index in [4.69, 9.17) is 23.2 Å². The third kappa shape index (κ3) is 5.80. The van der Waals surface area contributed by atoms with Gasteiger partial charge in [-0.25, -0.2) is 0 Å². The van der Waals surface area contributed by atoms with Gasteiger partial charge in [0.25, 0.3) is 0 Å². The van der Waals surface area contributed by atoms with Gasteiger partial charge in [0.2, 0.25) is 0 Å². The van der Waals surface area contributed by atoms with Crippen LogP contribution in [0.25, 0.3) is 10.1 Å². The first-order valence-electron chi connectivity index (χ1n) is 7.48. The Labute approximate surface area is 152 Å². The molecule has 0 spiro atoms. The van der Waals surface area contributed by atoms with Crippen LogP contribution in [0.1, 0.15) is 22.3 Å². The number of halogens is 2. The van der Waals surface area contributed by atoms with Crippen LogP contribution in [0.4, 0.5) is 0 Å². The van der Waals surface area contributed by atoms with E-state index in [-0.39, 0.29) is 0 Å². The molecule has 0 bridgehead atoms. The predicted octanol–water partition coefficient (Wildman–Crippen LogP) is 6.22. The minimum absolute atomic E-state index is 0.617. The molecule has 122 valence electrons. The van der Waals surface area contributed by atoms with Crippen LogP contribution in [-0.2, 0) is 0 Å². The van der Waals surface area contributed by atoms with Gasteiger partial charge in [-0.05, 0) is 37.1 Å². The number of benzene rings is 2. The molecular weight excluding hydrogens is 339 g/mol. The van der Waals surface area contributed by atoms with Crippen molar-refractivity contribution >= 4 is 45.7 Å². The van der Waals surface area contributed by atoms with Crippen molar-refractivity contribution in [1.82, 2.24) is 0 Å². The number of allylic oxidation sites excluding steroid dienone is 2. The van der Waals surface area contributed by atoms with Crippen LogP contribution in [0.3, 0.4) is 0 Å². The molecule has 0 unspecified atom stereocenters. The molecular formula is C20H18Cl2N2. The molecule has 0 fully saturated rings. The molecule has 2 aromatic carbocycles. The summed E-state index contributed by atoms with van der Waals surface area (Å²) >= 11 is 12.4. The van der Waals surface area contributed by atoms with Crippen LogP contribution in [0.5, 0.6) is 0 Å². The normalized spacial score (nSPS) is 13.2. The van der Waals surface area contributed by atoms with Crippen LogP contribution >= 0.6 is 23.2 Å². The van der Waals surface area contributed by atoms with Crippen molar-refractivity contribution in [2.45, 2.75) is 13.8 Å². The van der Waals surface area contributed by atoms with Crippen molar-refractivity contribution in [2.75, 3.05) is 0 Å². The Kier molecular flexibility index (Phi) is 6.98. The lowest BCUT2D eigenvalue weighted by Crippen LogP contribution is -1.80. The summed E-state index contributed by atoms with van der Waals surface area (Å²) in [6.07, 6.45) is 6.52. The van der Waals surface area contributed by atoms with Gasteiger partial charge in [-0.1, -0.05) is 82.9 Å². The van der Waals surface area contributed by atoms with Crippen molar-refractivity contribution in [3.05, 3.63) is 82.9 Å². The van der Waals surface area contributed by atoms with Gasteiger partial charge in [0.05, 0.1) is 12.4 Å². The van der Waals surface area contributed by atoms with E-state index < -0.39 is 0 Å². The number of hydrogen-bond acceptors (Lipinski definition) is 2. The van der Waals surface area contributed by atoms with E-state index in [1.807, 2.05) is 62.4 Å². The highest BCUT2D eigenvalue weighted by atomic mass is 35.5. The predicted molar refractivity (Wildman–Crippen MR) is 107 cm³/mol. The third-order valence-corrected chi connectivity index (χ3v) is 3.92. The average molecular weight is 357 g/mol. The molecule has 0 aromatic heterocycles. The van der Waals surface area contributed by atoms with E-state index >= 15 is 0 Å². The molecule has 0 aliphatic heterocycles. The largest absolute Gasteiger partial charge is 0.159 e. The fraction of sp³-hybridized carbons (Fsp3) is 0.100. The zero-order chi connectivity index (χ0) is 17.4. The zero-order valence-electron chi connectivity index (χ0n) is 13.6. The Morgan fingerprint density at radius 3 is 1.54 bits per heavy atom. The van der Waals surface area contributed by atoms with Crippen LogP contribution in [0, 0.1) is 13.8 Å². The summed E-state index contributed by atoms with van der Waals surface area (Å²) in [5, 5.41) is 9.08. The Morgan fingerprint density at radius 2 is 1.17 bits per heavy atom. The molecule has 0 aliphatic carbocycles. The van der Waals surface area contributed by atoms with Crippen LogP contribution in [-0.4, -0.2) is 12.4 Å². The number of hydrogen-bond donors (Lipinski definition) is 0. The minimum atomic E-state index is 0.617. The Balaban J connectivity index is 1.97. The summed E-state index contributed by atoms with van der Waals surface area (Å²) in [6.45, 7) is 4.05. The van der Waals surface area contributed by atoms with Gasteiger partial charge < -0.3 is 0 Å². The highest BCUT2D eigenvalue weighted by molar-refractivity contribution is 6.50. The summed E-state index contributed by atoms with van der Waals surface area (Å²) in [5.41, 5.74) is 4.22. The fourth-order valence-electron chi connectivity index (χ4n) is 2.05. The van der Waals surface area contributed by atoms with Gasteiger partial charge in [-0.3, -0.25) is 0 Å². The van der Waals surface area contributed by atoms with Crippen molar-refractivity contribution in [3.8, 4) is 0 Å². The first-order chi connectivity index (χ1) is 11.6. The highest BCUT2D eigenvalue weighted by Crippen LogP contribution is 2.19. The Hall–Kier alpha value is -2.16. The molecule has 0 saturated carbocycles. The Bertz CT molecular complexity index is 748. The number of nitrogens with zero attached hydrogens (tertiary/aromatic N) is 2. The third-order valence-electron chi connectivity index (χ3n) is 3.23. The molecule has 0 atom stereocenters. The van der Waals surface area contributed by atoms with Crippen molar-refractivity contribution < 1.29 is 0 Å². The van der Waals surface area contributed by atoms with Crippen LogP contribution < -0.4 is 0 Å². The molecule has 0 aliphatic rings. The summed E-state index contributed by atoms with van der Waals surface area (Å²) in [7, 11) is 0. The van der Waals surface area contributed by atoms with Crippen molar-refractivity contribution in [3.63, 3.8) is 0 Å². The van der Waals surface area contributed by atoms with E-state index in [0.717, 1.165) is 22.3 Å². The molecule has 0 amide bonds. The molecule has 0 N–H and O–H groups in total. The molecule has 0 radical (unpaired) electrons. The van der Waals surface area contributed by atoms with Gasteiger partial charge >= 0.3 is 0 Å². The molecule has 2 nitrogen and oxygen atoms in total. The molecule has 24 heavy (non-hydrogen) atoms. The molecule has 2 rings (SSSR count). The first-order valence-corrected chi connectivity index (χ1v) is 8.24. The van der Waals surface area contributed by atoms with Crippen molar-refractivity contribution in [2.24, 2.45) is 10.2 Å². The lowest BCUT2D eigenvalue weighted by Gasteiger charge is -1.99. The standard InChI is InChI=1S/C20H18Cl2N2/c1-15-5-3-7-17(13-15)19(21)9-11-23-24-12-10-20(22)18-8-4-6-16(2)14-18/h3-14H,1-2H3/b19-9-,20-10-,23-11+,24-12+. The van der Waals surface area contributed by atoms with Gasteiger partial charge in [0.1, 0.15) is 0 Å². The molecule has 0 heterocycles. The van der Waals surface area contributed by atoms with Gasteiger partial charge in [-0.2, -0.15) is 10.2 Å². The molecule has 4 heteroatoms. The monoisotopic (exact) mass is 356 g/mol. The quantitative estimate of drug-likeness (QED) is 0.448. The maximum Gasteiger partial charge on any atom is 0.0510 e. The minimum Gasteiger partial charge on any atom is -0.159 e.